The number of carbonyl (C=O) groups excluding carboxylic acids is 1. The van der Waals surface area contributed by atoms with Crippen LogP contribution in [0.2, 0.25) is 0 Å². The highest BCUT2D eigenvalue weighted by atomic mass is 19.1. The molecule has 2 amide bonds. The Labute approximate surface area is 118 Å². The molecule has 0 aliphatic heterocycles. The predicted molar refractivity (Wildman–Crippen MR) is 74.7 cm³/mol. The molecule has 3 unspecified atom stereocenters. The van der Waals surface area contributed by atoms with Crippen molar-refractivity contribution in [1.82, 2.24) is 10.6 Å². The maximum atomic E-state index is 13.5. The van der Waals surface area contributed by atoms with Gasteiger partial charge in [0.05, 0.1) is 6.10 Å². The molecule has 0 heterocycles. The molecule has 1 aliphatic rings. The Balaban J connectivity index is 1.80. The second-order valence-electron chi connectivity index (χ2n) is 5.41. The molecule has 3 N–H and O–H groups in total. The first kappa shape index (κ1) is 14.8. The van der Waals surface area contributed by atoms with Crippen molar-refractivity contribution in [3.8, 4) is 0 Å². The molecule has 1 fully saturated rings. The van der Waals surface area contributed by atoms with E-state index in [0.717, 1.165) is 19.3 Å². The van der Waals surface area contributed by atoms with E-state index in [-0.39, 0.29) is 24.2 Å². The van der Waals surface area contributed by atoms with Gasteiger partial charge in [0, 0.05) is 18.2 Å². The molecular weight excluding hydrogens is 259 g/mol. The fourth-order valence-electron chi connectivity index (χ4n) is 2.62. The van der Waals surface area contributed by atoms with Gasteiger partial charge in [0.15, 0.2) is 0 Å². The molecular formula is C15H21FN2O2. The summed E-state index contributed by atoms with van der Waals surface area (Å²) in [5.41, 5.74) is 0.196. The first-order valence-electron chi connectivity index (χ1n) is 7.04. The van der Waals surface area contributed by atoms with Crippen LogP contribution in [0.3, 0.4) is 0 Å². The molecule has 1 aromatic carbocycles. The maximum Gasteiger partial charge on any atom is 0.315 e. The van der Waals surface area contributed by atoms with Crippen LogP contribution in [0.5, 0.6) is 0 Å². The van der Waals surface area contributed by atoms with Crippen LogP contribution in [-0.2, 0) is 0 Å². The first-order valence-corrected chi connectivity index (χ1v) is 7.04. The van der Waals surface area contributed by atoms with Gasteiger partial charge >= 0.3 is 6.03 Å². The summed E-state index contributed by atoms with van der Waals surface area (Å²) in [6.07, 6.45) is 2.21. The third-order valence-corrected chi connectivity index (χ3v) is 3.90. The Bertz CT molecular complexity index is 467. The van der Waals surface area contributed by atoms with E-state index < -0.39 is 11.9 Å². The van der Waals surface area contributed by atoms with Gasteiger partial charge in [0.2, 0.25) is 0 Å². The lowest BCUT2D eigenvalue weighted by Gasteiger charge is -2.19. The quantitative estimate of drug-likeness (QED) is 0.793. The topological polar surface area (TPSA) is 61.4 Å². The Kier molecular flexibility index (Phi) is 4.95. The predicted octanol–water partition coefficient (Wildman–Crippen LogP) is 2.35. The summed E-state index contributed by atoms with van der Waals surface area (Å²) in [6.45, 7) is 2.11. The van der Waals surface area contributed by atoms with Crippen LogP contribution in [0, 0.1) is 11.7 Å². The van der Waals surface area contributed by atoms with Crippen molar-refractivity contribution in [1.29, 1.82) is 0 Å². The average molecular weight is 280 g/mol. The van der Waals surface area contributed by atoms with Crippen molar-refractivity contribution in [2.45, 2.75) is 38.3 Å². The summed E-state index contributed by atoms with van der Waals surface area (Å²) in [7, 11) is 0. The minimum atomic E-state index is -1.04. The number of aliphatic hydroxyl groups is 1. The van der Waals surface area contributed by atoms with Gasteiger partial charge in [-0.2, -0.15) is 0 Å². The zero-order valence-electron chi connectivity index (χ0n) is 11.6. The van der Waals surface area contributed by atoms with Crippen LogP contribution < -0.4 is 10.6 Å². The van der Waals surface area contributed by atoms with E-state index >= 15 is 0 Å². The SMILES string of the molecule is CC1CCCC1NC(=O)NCC(O)c1ccccc1F. The monoisotopic (exact) mass is 280 g/mol. The molecule has 0 saturated heterocycles. The molecule has 0 radical (unpaired) electrons. The van der Waals surface area contributed by atoms with Gasteiger partial charge in [0.25, 0.3) is 0 Å². The summed E-state index contributed by atoms with van der Waals surface area (Å²) in [4.78, 5) is 11.7. The van der Waals surface area contributed by atoms with E-state index in [1.54, 1.807) is 12.1 Å². The molecule has 1 aliphatic carbocycles. The highest BCUT2D eigenvalue weighted by Crippen LogP contribution is 2.24. The molecule has 20 heavy (non-hydrogen) atoms. The van der Waals surface area contributed by atoms with Crippen molar-refractivity contribution in [3.63, 3.8) is 0 Å². The van der Waals surface area contributed by atoms with Gasteiger partial charge in [0.1, 0.15) is 5.82 Å². The molecule has 2 rings (SSSR count). The molecule has 110 valence electrons. The third kappa shape index (κ3) is 3.70. The second-order valence-corrected chi connectivity index (χ2v) is 5.41. The molecule has 3 atom stereocenters. The number of carbonyl (C=O) groups is 1. The van der Waals surface area contributed by atoms with Gasteiger partial charge in [-0.1, -0.05) is 31.5 Å². The molecule has 1 saturated carbocycles. The van der Waals surface area contributed by atoms with Crippen LogP contribution in [0.4, 0.5) is 9.18 Å². The zero-order chi connectivity index (χ0) is 14.5. The van der Waals surface area contributed by atoms with Crippen LogP contribution in [0.1, 0.15) is 37.9 Å². The fraction of sp³-hybridized carbons (Fsp3) is 0.533. The van der Waals surface area contributed by atoms with Gasteiger partial charge in [-0.15, -0.1) is 0 Å². The van der Waals surface area contributed by atoms with Crippen LogP contribution in [0.15, 0.2) is 24.3 Å². The largest absolute Gasteiger partial charge is 0.386 e. The number of nitrogens with one attached hydrogen (secondary N) is 2. The minimum absolute atomic E-state index is 0.00608. The highest BCUT2D eigenvalue weighted by molar-refractivity contribution is 5.74. The van der Waals surface area contributed by atoms with Gasteiger partial charge < -0.3 is 15.7 Å². The normalized spacial score (nSPS) is 23.4. The number of urea groups is 1. The molecule has 0 aromatic heterocycles. The molecule has 0 spiro atoms. The number of aliphatic hydroxyl groups excluding tert-OH is 1. The summed E-state index contributed by atoms with van der Waals surface area (Å²) in [5, 5.41) is 15.4. The summed E-state index contributed by atoms with van der Waals surface area (Å²) in [6, 6.07) is 5.91. The summed E-state index contributed by atoms with van der Waals surface area (Å²) < 4.78 is 13.5. The van der Waals surface area contributed by atoms with Gasteiger partial charge in [-0.05, 0) is 24.8 Å². The van der Waals surface area contributed by atoms with E-state index in [9.17, 15) is 14.3 Å². The maximum absolute atomic E-state index is 13.5. The van der Waals surface area contributed by atoms with Crippen LogP contribution in [-0.4, -0.2) is 23.7 Å². The van der Waals surface area contributed by atoms with Crippen molar-refractivity contribution in [2.24, 2.45) is 5.92 Å². The minimum Gasteiger partial charge on any atom is -0.386 e. The van der Waals surface area contributed by atoms with E-state index in [1.807, 2.05) is 0 Å². The van der Waals surface area contributed by atoms with Crippen molar-refractivity contribution >= 4 is 6.03 Å². The summed E-state index contributed by atoms with van der Waals surface area (Å²) in [5.74, 6) is 0.0175. The summed E-state index contributed by atoms with van der Waals surface area (Å²) >= 11 is 0. The molecule has 1 aromatic rings. The van der Waals surface area contributed by atoms with Crippen LogP contribution in [0.25, 0.3) is 0 Å². The van der Waals surface area contributed by atoms with Crippen molar-refractivity contribution in [2.75, 3.05) is 6.54 Å². The lowest BCUT2D eigenvalue weighted by atomic mass is 10.1. The number of benzene rings is 1. The van der Waals surface area contributed by atoms with Crippen molar-refractivity contribution < 1.29 is 14.3 Å². The number of halogens is 1. The Morgan fingerprint density at radius 2 is 2.20 bits per heavy atom. The van der Waals surface area contributed by atoms with E-state index in [0.29, 0.717) is 5.92 Å². The highest BCUT2D eigenvalue weighted by Gasteiger charge is 2.24. The molecule has 0 bridgehead atoms. The Morgan fingerprint density at radius 3 is 2.85 bits per heavy atom. The number of hydrogen-bond donors (Lipinski definition) is 3. The Morgan fingerprint density at radius 1 is 1.45 bits per heavy atom. The smallest absolute Gasteiger partial charge is 0.315 e. The fourth-order valence-corrected chi connectivity index (χ4v) is 2.62. The molecule has 5 heteroatoms. The Hall–Kier alpha value is -1.62. The van der Waals surface area contributed by atoms with E-state index in [2.05, 4.69) is 17.6 Å². The average Bonchev–Trinajstić information content (AvgIpc) is 2.82. The van der Waals surface area contributed by atoms with Crippen LogP contribution >= 0.6 is 0 Å². The first-order chi connectivity index (χ1) is 9.58. The molecule has 4 nitrogen and oxygen atoms in total. The van der Waals surface area contributed by atoms with Gasteiger partial charge in [-0.25, -0.2) is 9.18 Å². The number of rotatable bonds is 4. The third-order valence-electron chi connectivity index (χ3n) is 3.90. The van der Waals surface area contributed by atoms with Gasteiger partial charge in [-0.3, -0.25) is 0 Å². The van der Waals surface area contributed by atoms with E-state index in [1.165, 1.54) is 12.1 Å². The lowest BCUT2D eigenvalue weighted by molar-refractivity contribution is 0.168. The van der Waals surface area contributed by atoms with Crippen molar-refractivity contribution in [3.05, 3.63) is 35.6 Å². The number of amides is 2. The standard InChI is InChI=1S/C15H21FN2O2/c1-10-5-4-8-13(10)18-15(20)17-9-14(19)11-6-2-3-7-12(11)16/h2-3,6-7,10,13-14,19H,4-5,8-9H2,1H3,(H2,17,18,20). The number of hydrogen-bond acceptors (Lipinski definition) is 2. The lowest BCUT2D eigenvalue weighted by Crippen LogP contribution is -2.44. The van der Waals surface area contributed by atoms with E-state index in [4.69, 9.17) is 0 Å². The zero-order valence-corrected chi connectivity index (χ0v) is 11.6. The second kappa shape index (κ2) is 6.70.